The highest BCUT2D eigenvalue weighted by atomic mass is 19.1. The summed E-state index contributed by atoms with van der Waals surface area (Å²) in [5.74, 6) is -0.829. The first-order valence-electron chi connectivity index (χ1n) is 6.72. The van der Waals surface area contributed by atoms with Gasteiger partial charge in [-0.05, 0) is 43.5 Å². The molecule has 1 aromatic carbocycles. The Morgan fingerprint density at radius 1 is 1.50 bits per heavy atom. The van der Waals surface area contributed by atoms with Crippen LogP contribution < -0.4 is 5.73 Å². The summed E-state index contributed by atoms with van der Waals surface area (Å²) in [6, 6.07) is 6.60. The highest BCUT2D eigenvalue weighted by molar-refractivity contribution is 5.77. The Morgan fingerprint density at radius 2 is 2.25 bits per heavy atom. The Labute approximate surface area is 118 Å². The number of nitriles is 1. The molecule has 1 aliphatic heterocycles. The molecule has 1 heterocycles. The van der Waals surface area contributed by atoms with E-state index in [0.29, 0.717) is 24.7 Å². The minimum atomic E-state index is -0.407. The molecule has 0 aliphatic carbocycles. The van der Waals surface area contributed by atoms with Gasteiger partial charge in [0.15, 0.2) is 0 Å². The summed E-state index contributed by atoms with van der Waals surface area (Å²) >= 11 is 0. The number of hydrogen-bond acceptors (Lipinski definition) is 3. The lowest BCUT2D eigenvalue weighted by molar-refractivity contribution is -0.124. The van der Waals surface area contributed by atoms with E-state index in [-0.39, 0.29) is 11.8 Å². The molecule has 0 spiro atoms. The zero-order valence-corrected chi connectivity index (χ0v) is 11.5. The number of hydrogen-bond donors (Lipinski definition) is 1. The third-order valence-corrected chi connectivity index (χ3v) is 3.89. The van der Waals surface area contributed by atoms with Crippen molar-refractivity contribution >= 4 is 5.91 Å². The van der Waals surface area contributed by atoms with Gasteiger partial charge in [-0.3, -0.25) is 9.69 Å². The van der Waals surface area contributed by atoms with Gasteiger partial charge in [-0.25, -0.2) is 4.39 Å². The first kappa shape index (κ1) is 14.5. The molecule has 1 amide bonds. The summed E-state index contributed by atoms with van der Waals surface area (Å²) < 4.78 is 13.4. The van der Waals surface area contributed by atoms with E-state index >= 15 is 0 Å². The van der Waals surface area contributed by atoms with Crippen molar-refractivity contribution in [3.8, 4) is 6.07 Å². The molecule has 1 aromatic rings. The summed E-state index contributed by atoms with van der Waals surface area (Å²) in [6.07, 6.45) is 1.70. The van der Waals surface area contributed by atoms with Crippen LogP contribution >= 0.6 is 0 Å². The van der Waals surface area contributed by atoms with Crippen LogP contribution in [0, 0.1) is 23.1 Å². The van der Waals surface area contributed by atoms with E-state index in [1.807, 2.05) is 6.07 Å². The zero-order valence-electron chi connectivity index (χ0n) is 11.5. The largest absolute Gasteiger partial charge is 0.369 e. The van der Waals surface area contributed by atoms with Crippen molar-refractivity contribution in [1.82, 2.24) is 4.90 Å². The van der Waals surface area contributed by atoms with E-state index in [0.717, 1.165) is 18.4 Å². The second-order valence-corrected chi connectivity index (χ2v) is 5.42. The van der Waals surface area contributed by atoms with E-state index in [1.165, 1.54) is 12.1 Å². The average Bonchev–Trinajstić information content (AvgIpc) is 2.40. The summed E-state index contributed by atoms with van der Waals surface area (Å²) in [4.78, 5) is 13.4. The van der Waals surface area contributed by atoms with Gasteiger partial charge in [0.1, 0.15) is 5.82 Å². The molecule has 4 nitrogen and oxygen atoms in total. The second kappa shape index (κ2) is 6.02. The van der Waals surface area contributed by atoms with Gasteiger partial charge in [-0.1, -0.05) is 0 Å². The second-order valence-electron chi connectivity index (χ2n) is 5.42. The number of likely N-dealkylation sites (tertiary alicyclic amines) is 1. The third kappa shape index (κ3) is 3.34. The maximum Gasteiger partial charge on any atom is 0.221 e. The van der Waals surface area contributed by atoms with Crippen molar-refractivity contribution in [1.29, 1.82) is 5.26 Å². The van der Waals surface area contributed by atoms with Gasteiger partial charge in [0.05, 0.1) is 17.6 Å². The lowest BCUT2D eigenvalue weighted by Crippen LogP contribution is -2.45. The van der Waals surface area contributed by atoms with E-state index < -0.39 is 5.82 Å². The van der Waals surface area contributed by atoms with E-state index in [4.69, 9.17) is 11.0 Å². The van der Waals surface area contributed by atoms with Crippen LogP contribution in [0.3, 0.4) is 0 Å². The highest BCUT2D eigenvalue weighted by Crippen LogP contribution is 2.24. The predicted octanol–water partition coefficient (Wildman–Crippen LogP) is 1.78. The van der Waals surface area contributed by atoms with Gasteiger partial charge < -0.3 is 5.73 Å². The number of rotatable bonds is 3. The number of nitrogens with zero attached hydrogens (tertiary/aromatic N) is 2. The number of amides is 1. The van der Waals surface area contributed by atoms with Crippen LogP contribution in [-0.2, 0) is 11.3 Å². The quantitative estimate of drug-likeness (QED) is 0.914. The highest BCUT2D eigenvalue weighted by Gasteiger charge is 2.28. The van der Waals surface area contributed by atoms with Crippen LogP contribution in [0.4, 0.5) is 4.39 Å². The molecule has 2 atom stereocenters. The van der Waals surface area contributed by atoms with Gasteiger partial charge in [-0.15, -0.1) is 0 Å². The van der Waals surface area contributed by atoms with Gasteiger partial charge >= 0.3 is 0 Å². The molecular weight excluding hydrogens is 257 g/mol. The summed E-state index contributed by atoms with van der Waals surface area (Å²) in [6.45, 7) is 3.20. The summed E-state index contributed by atoms with van der Waals surface area (Å²) in [5, 5.41) is 8.87. The molecule has 1 fully saturated rings. The molecule has 2 unspecified atom stereocenters. The fourth-order valence-corrected chi connectivity index (χ4v) is 2.67. The number of carbonyl (C=O) groups excluding carboxylic acids is 1. The number of carbonyl (C=O) groups is 1. The van der Waals surface area contributed by atoms with Crippen LogP contribution in [0.5, 0.6) is 0 Å². The summed E-state index contributed by atoms with van der Waals surface area (Å²) in [5.41, 5.74) is 6.43. The number of benzene rings is 1. The van der Waals surface area contributed by atoms with Crippen LogP contribution in [-0.4, -0.2) is 23.4 Å². The molecule has 5 heteroatoms. The Morgan fingerprint density at radius 3 is 2.90 bits per heavy atom. The fourth-order valence-electron chi connectivity index (χ4n) is 2.67. The van der Waals surface area contributed by atoms with Crippen LogP contribution in [0.1, 0.15) is 30.9 Å². The minimum Gasteiger partial charge on any atom is -0.369 e. The van der Waals surface area contributed by atoms with Crippen molar-refractivity contribution in [2.75, 3.05) is 6.54 Å². The van der Waals surface area contributed by atoms with Crippen LogP contribution in [0.2, 0.25) is 0 Å². The first-order chi connectivity index (χ1) is 9.49. The van der Waals surface area contributed by atoms with E-state index in [2.05, 4.69) is 11.8 Å². The smallest absolute Gasteiger partial charge is 0.221 e. The standard InChI is InChI=1S/C15H18FN3O/c1-10-2-3-13(15(18)20)9-19(10)8-12-4-11(7-17)5-14(16)6-12/h4-6,10,13H,2-3,8-9H2,1H3,(H2,18,20). The number of piperidine rings is 1. The molecule has 2 rings (SSSR count). The van der Waals surface area contributed by atoms with Crippen molar-refractivity contribution in [3.05, 3.63) is 35.1 Å². The summed E-state index contributed by atoms with van der Waals surface area (Å²) in [7, 11) is 0. The molecule has 0 radical (unpaired) electrons. The molecule has 0 aromatic heterocycles. The lowest BCUT2D eigenvalue weighted by Gasteiger charge is -2.36. The monoisotopic (exact) mass is 275 g/mol. The Bertz CT molecular complexity index is 553. The molecular formula is C15H18FN3O. The Kier molecular flexibility index (Phi) is 4.35. The van der Waals surface area contributed by atoms with Crippen molar-refractivity contribution in [3.63, 3.8) is 0 Å². The van der Waals surface area contributed by atoms with Crippen molar-refractivity contribution in [2.24, 2.45) is 11.7 Å². The lowest BCUT2D eigenvalue weighted by atomic mass is 9.92. The van der Waals surface area contributed by atoms with Gasteiger partial charge in [0, 0.05) is 19.1 Å². The topological polar surface area (TPSA) is 70.1 Å². The molecule has 0 bridgehead atoms. The first-order valence-corrected chi connectivity index (χ1v) is 6.72. The maximum atomic E-state index is 13.4. The average molecular weight is 275 g/mol. The molecule has 0 saturated carbocycles. The number of primary amides is 1. The SMILES string of the molecule is CC1CCC(C(N)=O)CN1Cc1cc(F)cc(C#N)c1. The number of nitrogens with two attached hydrogens (primary N) is 1. The Balaban J connectivity index is 2.13. The molecule has 1 aliphatic rings. The predicted molar refractivity (Wildman–Crippen MR) is 72.9 cm³/mol. The number of halogens is 1. The molecule has 2 N–H and O–H groups in total. The molecule has 20 heavy (non-hydrogen) atoms. The third-order valence-electron chi connectivity index (χ3n) is 3.89. The molecule has 1 saturated heterocycles. The van der Waals surface area contributed by atoms with E-state index in [9.17, 15) is 9.18 Å². The normalized spacial score (nSPS) is 23.2. The van der Waals surface area contributed by atoms with Crippen LogP contribution in [0.15, 0.2) is 18.2 Å². The van der Waals surface area contributed by atoms with Crippen LogP contribution in [0.25, 0.3) is 0 Å². The van der Waals surface area contributed by atoms with Gasteiger partial charge in [0.25, 0.3) is 0 Å². The van der Waals surface area contributed by atoms with Gasteiger partial charge in [0.2, 0.25) is 5.91 Å². The maximum absolute atomic E-state index is 13.4. The van der Waals surface area contributed by atoms with E-state index in [1.54, 1.807) is 6.07 Å². The minimum absolute atomic E-state index is 0.143. The van der Waals surface area contributed by atoms with Crippen molar-refractivity contribution in [2.45, 2.75) is 32.4 Å². The van der Waals surface area contributed by atoms with Crippen molar-refractivity contribution < 1.29 is 9.18 Å². The fraction of sp³-hybridized carbons (Fsp3) is 0.467. The zero-order chi connectivity index (χ0) is 14.7. The Hall–Kier alpha value is -1.93. The molecule has 106 valence electrons. The van der Waals surface area contributed by atoms with Gasteiger partial charge in [-0.2, -0.15) is 5.26 Å².